The number of fused-ring (bicyclic) bond motifs is 1. The fourth-order valence-electron chi connectivity index (χ4n) is 2.49. The number of aliphatic carboxylic acids is 1. The number of oxime groups is 1. The summed E-state index contributed by atoms with van der Waals surface area (Å²) >= 11 is 0. The molecular weight excluding hydrogens is 276 g/mol. The van der Waals surface area contributed by atoms with E-state index < -0.39 is 12.1 Å². The molecule has 0 aromatic heterocycles. The Morgan fingerprint density at radius 1 is 1.33 bits per heavy atom. The molecule has 2 heterocycles. The Morgan fingerprint density at radius 3 is 2.81 bits per heavy atom. The Bertz CT molecular complexity index is 586. The van der Waals surface area contributed by atoms with Gasteiger partial charge in [-0.3, -0.25) is 0 Å². The first kappa shape index (κ1) is 13.4. The molecule has 2 aliphatic heterocycles. The molecule has 7 nitrogen and oxygen atoms in total. The van der Waals surface area contributed by atoms with Crippen LogP contribution in [0, 0.1) is 5.92 Å². The van der Waals surface area contributed by atoms with Crippen molar-refractivity contribution in [1.82, 2.24) is 4.90 Å². The summed E-state index contributed by atoms with van der Waals surface area (Å²) in [5.74, 6) is -1.49. The summed E-state index contributed by atoms with van der Waals surface area (Å²) in [5.41, 5.74) is 0.868. The lowest BCUT2D eigenvalue weighted by molar-refractivity contribution is -0.129. The molecule has 0 bridgehead atoms. The maximum absolute atomic E-state index is 12.0. The number of hydrogen-bond acceptors (Lipinski definition) is 5. The van der Waals surface area contributed by atoms with Gasteiger partial charge in [-0.25, -0.2) is 9.59 Å². The molecule has 0 aliphatic carbocycles. The number of hydrogen-bond donors (Lipinski definition) is 1. The average Bonchev–Trinajstić information content (AvgIpc) is 3.05. The lowest BCUT2D eigenvalue weighted by Crippen LogP contribution is -2.32. The summed E-state index contributed by atoms with van der Waals surface area (Å²) in [6, 6.07) is 9.35. The molecular formula is C14H14N2O5. The molecule has 0 radical (unpaired) electrons. The second-order valence-corrected chi connectivity index (χ2v) is 4.98. The van der Waals surface area contributed by atoms with Crippen LogP contribution in [0.5, 0.6) is 0 Å². The van der Waals surface area contributed by atoms with Gasteiger partial charge in [0.25, 0.3) is 0 Å². The number of likely N-dealkylation sites (tertiary alicyclic amines) is 1. The lowest BCUT2D eigenvalue weighted by atomic mass is 10.0. The highest BCUT2D eigenvalue weighted by molar-refractivity contribution is 6.37. The molecule has 1 aromatic rings. The van der Waals surface area contributed by atoms with Crippen molar-refractivity contribution in [2.24, 2.45) is 11.1 Å². The van der Waals surface area contributed by atoms with Crippen LogP contribution in [0.1, 0.15) is 5.56 Å². The van der Waals surface area contributed by atoms with E-state index in [1.165, 1.54) is 4.90 Å². The van der Waals surface area contributed by atoms with E-state index in [1.54, 1.807) is 0 Å². The highest BCUT2D eigenvalue weighted by Gasteiger charge is 2.46. The zero-order valence-corrected chi connectivity index (χ0v) is 11.1. The monoisotopic (exact) mass is 290 g/mol. The Labute approximate surface area is 120 Å². The summed E-state index contributed by atoms with van der Waals surface area (Å²) in [4.78, 5) is 29.5. The Hall–Kier alpha value is -2.57. The third-order valence-corrected chi connectivity index (χ3v) is 3.59. The summed E-state index contributed by atoms with van der Waals surface area (Å²) in [5, 5.41) is 12.5. The molecule has 1 N–H and O–H groups in total. The summed E-state index contributed by atoms with van der Waals surface area (Å²) in [6.45, 7) is 0.730. The molecule has 2 aliphatic rings. The molecule has 1 aromatic carbocycles. The normalized spacial score (nSPS) is 23.2. The van der Waals surface area contributed by atoms with E-state index in [4.69, 9.17) is 14.7 Å². The van der Waals surface area contributed by atoms with Crippen LogP contribution in [0.3, 0.4) is 0 Å². The van der Waals surface area contributed by atoms with Crippen LogP contribution in [-0.4, -0.2) is 47.0 Å². The standard InChI is InChI=1S/C14H14N2O5/c17-13(18)12-10-6-16(7-11(10)21-15-12)14(19)20-8-9-4-2-1-3-5-9/h1-5,10-11H,6-8H2,(H,17,18)/t10-,11+/m0/s1. The van der Waals surface area contributed by atoms with E-state index in [-0.39, 0.29) is 30.9 Å². The van der Waals surface area contributed by atoms with Crippen LogP contribution in [0.25, 0.3) is 0 Å². The Kier molecular flexibility index (Phi) is 3.47. The van der Waals surface area contributed by atoms with Crippen molar-refractivity contribution in [2.75, 3.05) is 13.1 Å². The van der Waals surface area contributed by atoms with Gasteiger partial charge in [0.2, 0.25) is 0 Å². The van der Waals surface area contributed by atoms with Crippen LogP contribution in [0.4, 0.5) is 4.79 Å². The summed E-state index contributed by atoms with van der Waals surface area (Å²) in [7, 11) is 0. The minimum Gasteiger partial charge on any atom is -0.477 e. The van der Waals surface area contributed by atoms with Crippen molar-refractivity contribution < 1.29 is 24.3 Å². The number of rotatable bonds is 3. The molecule has 21 heavy (non-hydrogen) atoms. The minimum absolute atomic E-state index is 0.0293. The average molecular weight is 290 g/mol. The SMILES string of the molecule is O=C(O)C1=NO[C@@H]2CN(C(=O)OCc3ccccc3)C[C@H]12. The molecule has 110 valence electrons. The molecule has 1 fully saturated rings. The third-order valence-electron chi connectivity index (χ3n) is 3.59. The number of ether oxygens (including phenoxy) is 1. The fraction of sp³-hybridized carbons (Fsp3) is 0.357. The van der Waals surface area contributed by atoms with Crippen molar-refractivity contribution in [2.45, 2.75) is 12.7 Å². The van der Waals surface area contributed by atoms with Crippen LogP contribution >= 0.6 is 0 Å². The van der Waals surface area contributed by atoms with E-state index in [9.17, 15) is 9.59 Å². The number of amides is 1. The van der Waals surface area contributed by atoms with Crippen molar-refractivity contribution in [3.8, 4) is 0 Å². The number of nitrogens with zero attached hydrogens (tertiary/aromatic N) is 2. The number of carbonyl (C=O) groups excluding carboxylic acids is 1. The topological polar surface area (TPSA) is 88.4 Å². The first-order valence-electron chi connectivity index (χ1n) is 6.58. The van der Waals surface area contributed by atoms with E-state index in [0.717, 1.165) is 5.56 Å². The van der Waals surface area contributed by atoms with Crippen molar-refractivity contribution in [3.63, 3.8) is 0 Å². The Morgan fingerprint density at radius 2 is 2.10 bits per heavy atom. The second kappa shape index (κ2) is 5.43. The van der Waals surface area contributed by atoms with Crippen molar-refractivity contribution in [1.29, 1.82) is 0 Å². The predicted octanol–water partition coefficient (Wildman–Crippen LogP) is 1.09. The summed E-state index contributed by atoms with van der Waals surface area (Å²) in [6.07, 6.45) is -0.859. The van der Waals surface area contributed by atoms with Gasteiger partial charge >= 0.3 is 12.1 Å². The smallest absolute Gasteiger partial charge is 0.410 e. The predicted molar refractivity (Wildman–Crippen MR) is 71.6 cm³/mol. The zero-order chi connectivity index (χ0) is 14.8. The van der Waals surface area contributed by atoms with Gasteiger partial charge in [-0.05, 0) is 5.56 Å². The molecule has 2 atom stereocenters. The highest BCUT2D eigenvalue weighted by Crippen LogP contribution is 2.27. The van der Waals surface area contributed by atoms with Gasteiger partial charge in [-0.2, -0.15) is 0 Å². The molecule has 1 amide bonds. The Balaban J connectivity index is 1.56. The van der Waals surface area contributed by atoms with E-state index in [1.807, 2.05) is 30.3 Å². The van der Waals surface area contributed by atoms with E-state index >= 15 is 0 Å². The number of carboxylic acid groups (broad SMARTS) is 1. The van der Waals surface area contributed by atoms with E-state index in [0.29, 0.717) is 6.54 Å². The van der Waals surface area contributed by atoms with Crippen molar-refractivity contribution in [3.05, 3.63) is 35.9 Å². The molecule has 1 saturated heterocycles. The van der Waals surface area contributed by atoms with Crippen LogP contribution in [-0.2, 0) is 21.0 Å². The minimum atomic E-state index is -1.11. The van der Waals surface area contributed by atoms with Gasteiger partial charge in [0.1, 0.15) is 6.61 Å². The van der Waals surface area contributed by atoms with Gasteiger partial charge in [0.15, 0.2) is 11.8 Å². The molecule has 0 saturated carbocycles. The van der Waals surface area contributed by atoms with Gasteiger partial charge < -0.3 is 19.6 Å². The quantitative estimate of drug-likeness (QED) is 0.900. The molecule has 0 spiro atoms. The van der Waals surface area contributed by atoms with Crippen LogP contribution in [0.15, 0.2) is 35.5 Å². The lowest BCUT2D eigenvalue weighted by Gasteiger charge is -2.16. The zero-order valence-electron chi connectivity index (χ0n) is 11.1. The van der Waals surface area contributed by atoms with Gasteiger partial charge in [-0.15, -0.1) is 0 Å². The number of benzene rings is 1. The molecule has 3 rings (SSSR count). The molecule has 7 heteroatoms. The first-order valence-corrected chi connectivity index (χ1v) is 6.58. The van der Waals surface area contributed by atoms with Crippen molar-refractivity contribution >= 4 is 17.8 Å². The fourth-order valence-corrected chi connectivity index (χ4v) is 2.49. The number of carboxylic acids is 1. The third kappa shape index (κ3) is 2.67. The van der Waals surface area contributed by atoms with Crippen LogP contribution < -0.4 is 0 Å². The highest BCUT2D eigenvalue weighted by atomic mass is 16.6. The van der Waals surface area contributed by atoms with Crippen LogP contribution in [0.2, 0.25) is 0 Å². The second-order valence-electron chi connectivity index (χ2n) is 4.98. The first-order chi connectivity index (χ1) is 10.1. The number of carbonyl (C=O) groups is 2. The largest absolute Gasteiger partial charge is 0.477 e. The van der Waals surface area contributed by atoms with Gasteiger partial charge in [-0.1, -0.05) is 35.5 Å². The van der Waals surface area contributed by atoms with E-state index in [2.05, 4.69) is 5.16 Å². The maximum Gasteiger partial charge on any atom is 0.410 e. The summed E-state index contributed by atoms with van der Waals surface area (Å²) < 4.78 is 5.22. The van der Waals surface area contributed by atoms with Gasteiger partial charge in [0, 0.05) is 6.54 Å². The van der Waals surface area contributed by atoms with Gasteiger partial charge in [0.05, 0.1) is 12.5 Å². The maximum atomic E-state index is 12.0. The molecule has 0 unspecified atom stereocenters.